The highest BCUT2D eigenvalue weighted by atomic mass is 35.5. The van der Waals surface area contributed by atoms with Gasteiger partial charge in [0, 0.05) is 27.0 Å². The molecule has 7 heteroatoms. The van der Waals surface area contributed by atoms with E-state index in [2.05, 4.69) is 10.6 Å². The Morgan fingerprint density at radius 3 is 2.10 bits per heavy atom. The van der Waals surface area contributed by atoms with Crippen molar-refractivity contribution in [2.45, 2.75) is 0 Å². The van der Waals surface area contributed by atoms with Crippen molar-refractivity contribution >= 4 is 46.6 Å². The number of nitrogens with one attached hydrogen (secondary N) is 2. The molecule has 2 N–H and O–H groups in total. The summed E-state index contributed by atoms with van der Waals surface area (Å²) in [5, 5.41) is 16.5. The van der Waals surface area contributed by atoms with Crippen LogP contribution in [0.3, 0.4) is 0 Å². The number of carbonyl (C=O) groups excluding carboxylic acids is 2. The van der Waals surface area contributed by atoms with Gasteiger partial charge in [0.05, 0.1) is 5.97 Å². The lowest BCUT2D eigenvalue weighted by molar-refractivity contribution is -0.255. The first-order valence-electron chi connectivity index (χ1n) is 5.80. The fraction of sp³-hybridized carbons (Fsp3) is 0. The summed E-state index contributed by atoms with van der Waals surface area (Å²) in [7, 11) is 0. The maximum Gasteiger partial charge on any atom is 0.323 e. The molecule has 0 unspecified atom stereocenters. The van der Waals surface area contributed by atoms with E-state index in [9.17, 15) is 14.7 Å². The summed E-state index contributed by atoms with van der Waals surface area (Å²) in [6.45, 7) is 0. The summed E-state index contributed by atoms with van der Waals surface area (Å²) in [6, 6.07) is 10.1. The second-order valence-corrected chi connectivity index (χ2v) is 4.91. The van der Waals surface area contributed by atoms with Crippen LogP contribution in [0.5, 0.6) is 0 Å². The van der Waals surface area contributed by atoms with Crippen molar-refractivity contribution in [3.63, 3.8) is 0 Å². The monoisotopic (exact) mass is 323 g/mol. The number of anilines is 2. The van der Waals surface area contributed by atoms with Crippen LogP contribution in [0.4, 0.5) is 16.2 Å². The normalized spacial score (nSPS) is 10.0. The molecule has 2 rings (SSSR count). The Bertz CT molecular complexity index is 687. The topological polar surface area (TPSA) is 81.3 Å². The Morgan fingerprint density at radius 1 is 0.905 bits per heavy atom. The molecular formula is C14H9Cl2N2O3-. The van der Waals surface area contributed by atoms with E-state index in [1.807, 2.05) is 0 Å². The van der Waals surface area contributed by atoms with Crippen LogP contribution in [0.25, 0.3) is 0 Å². The molecule has 0 fully saturated rings. The molecule has 0 atom stereocenters. The van der Waals surface area contributed by atoms with Crippen LogP contribution < -0.4 is 15.7 Å². The molecule has 5 nitrogen and oxygen atoms in total. The molecule has 0 saturated heterocycles. The van der Waals surface area contributed by atoms with Crippen molar-refractivity contribution in [2.75, 3.05) is 10.6 Å². The number of amides is 2. The number of rotatable bonds is 3. The molecule has 0 aliphatic rings. The SMILES string of the molecule is O=C(Nc1ccc(Cl)cc1)Nc1ccc(Cl)c(C(=O)[O-])c1. The van der Waals surface area contributed by atoms with Crippen molar-refractivity contribution in [3.8, 4) is 0 Å². The van der Waals surface area contributed by atoms with E-state index in [1.165, 1.54) is 18.2 Å². The number of benzene rings is 2. The van der Waals surface area contributed by atoms with Crippen molar-refractivity contribution in [1.29, 1.82) is 0 Å². The number of hydrogen-bond donors (Lipinski definition) is 2. The quantitative estimate of drug-likeness (QED) is 0.910. The Hall–Kier alpha value is -2.24. The average molecular weight is 324 g/mol. The van der Waals surface area contributed by atoms with Gasteiger partial charge in [-0.05, 0) is 42.5 Å². The lowest BCUT2D eigenvalue weighted by Gasteiger charge is -2.10. The molecule has 0 radical (unpaired) electrons. The summed E-state index contributed by atoms with van der Waals surface area (Å²) in [5.74, 6) is -1.42. The third-order valence-electron chi connectivity index (χ3n) is 2.55. The van der Waals surface area contributed by atoms with Gasteiger partial charge < -0.3 is 20.5 Å². The summed E-state index contributed by atoms with van der Waals surface area (Å²) in [4.78, 5) is 22.6. The van der Waals surface area contributed by atoms with E-state index < -0.39 is 12.0 Å². The molecule has 0 aliphatic heterocycles. The van der Waals surface area contributed by atoms with Crippen molar-refractivity contribution in [2.24, 2.45) is 0 Å². The molecule has 0 aromatic heterocycles. The smallest absolute Gasteiger partial charge is 0.323 e. The molecule has 0 aliphatic carbocycles. The van der Waals surface area contributed by atoms with Crippen LogP contribution in [0.2, 0.25) is 10.0 Å². The van der Waals surface area contributed by atoms with Crippen molar-refractivity contribution in [3.05, 3.63) is 58.1 Å². The fourth-order valence-electron chi connectivity index (χ4n) is 1.59. The zero-order valence-corrected chi connectivity index (χ0v) is 12.0. The van der Waals surface area contributed by atoms with E-state index in [4.69, 9.17) is 23.2 Å². The third-order valence-corrected chi connectivity index (χ3v) is 3.13. The van der Waals surface area contributed by atoms with Crippen LogP contribution >= 0.6 is 23.2 Å². The highest BCUT2D eigenvalue weighted by molar-refractivity contribution is 6.33. The van der Waals surface area contributed by atoms with Gasteiger partial charge in [0.2, 0.25) is 0 Å². The van der Waals surface area contributed by atoms with Crippen LogP contribution in [0.1, 0.15) is 10.4 Å². The second kappa shape index (κ2) is 6.47. The summed E-state index contributed by atoms with van der Waals surface area (Å²) in [5.41, 5.74) is 0.636. The van der Waals surface area contributed by atoms with Gasteiger partial charge in [-0.1, -0.05) is 23.2 Å². The van der Waals surface area contributed by atoms with Gasteiger partial charge in [-0.25, -0.2) is 4.79 Å². The summed E-state index contributed by atoms with van der Waals surface area (Å²) < 4.78 is 0. The minimum absolute atomic E-state index is 0.0404. The van der Waals surface area contributed by atoms with Gasteiger partial charge in [0.25, 0.3) is 0 Å². The standard InChI is InChI=1S/C14H10Cl2N2O3/c15-8-1-3-9(4-2-8)17-14(21)18-10-5-6-12(16)11(7-10)13(19)20/h1-7H,(H,19,20)(H2,17,18,21)/p-1. The minimum Gasteiger partial charge on any atom is -0.545 e. The van der Waals surface area contributed by atoms with Crippen LogP contribution in [0, 0.1) is 0 Å². The van der Waals surface area contributed by atoms with Gasteiger partial charge in [-0.2, -0.15) is 0 Å². The molecule has 0 saturated carbocycles. The number of hydrogen-bond acceptors (Lipinski definition) is 3. The van der Waals surface area contributed by atoms with E-state index in [1.54, 1.807) is 24.3 Å². The first kappa shape index (κ1) is 15.2. The van der Waals surface area contributed by atoms with E-state index >= 15 is 0 Å². The number of carboxylic acids is 1. The zero-order valence-electron chi connectivity index (χ0n) is 10.5. The van der Waals surface area contributed by atoms with Crippen LogP contribution in [-0.4, -0.2) is 12.0 Å². The van der Waals surface area contributed by atoms with Gasteiger partial charge in [-0.15, -0.1) is 0 Å². The van der Waals surface area contributed by atoms with Gasteiger partial charge in [-0.3, -0.25) is 0 Å². The Kier molecular flexibility index (Phi) is 4.67. The maximum atomic E-state index is 11.8. The zero-order chi connectivity index (χ0) is 15.4. The lowest BCUT2D eigenvalue weighted by atomic mass is 10.2. The minimum atomic E-state index is -1.42. The molecule has 0 spiro atoms. The van der Waals surface area contributed by atoms with Crippen molar-refractivity contribution < 1.29 is 14.7 Å². The number of halogens is 2. The third kappa shape index (κ3) is 4.11. The largest absolute Gasteiger partial charge is 0.545 e. The highest BCUT2D eigenvalue weighted by Crippen LogP contribution is 2.20. The van der Waals surface area contributed by atoms with Gasteiger partial charge >= 0.3 is 6.03 Å². The van der Waals surface area contributed by atoms with Crippen molar-refractivity contribution in [1.82, 2.24) is 0 Å². The van der Waals surface area contributed by atoms with E-state index in [0.717, 1.165) is 0 Å². The van der Waals surface area contributed by atoms with Gasteiger partial charge in [0.1, 0.15) is 0 Å². The number of aromatic carboxylic acids is 1. The summed E-state index contributed by atoms with van der Waals surface area (Å²) >= 11 is 11.4. The second-order valence-electron chi connectivity index (χ2n) is 4.07. The average Bonchev–Trinajstić information content (AvgIpc) is 2.43. The molecule has 2 aromatic rings. The first-order chi connectivity index (χ1) is 9.95. The van der Waals surface area contributed by atoms with E-state index in [0.29, 0.717) is 10.7 Å². The molecule has 2 aromatic carbocycles. The molecule has 0 bridgehead atoms. The Labute approximate surface area is 130 Å². The van der Waals surface area contributed by atoms with Crippen LogP contribution in [-0.2, 0) is 0 Å². The predicted molar refractivity (Wildman–Crippen MR) is 79.9 cm³/mol. The Balaban J connectivity index is 2.07. The fourth-order valence-corrected chi connectivity index (χ4v) is 1.91. The number of urea groups is 1. The molecule has 0 heterocycles. The summed E-state index contributed by atoms with van der Waals surface area (Å²) in [6.07, 6.45) is 0. The number of carbonyl (C=O) groups is 2. The first-order valence-corrected chi connectivity index (χ1v) is 6.56. The van der Waals surface area contributed by atoms with Gasteiger partial charge in [0.15, 0.2) is 0 Å². The highest BCUT2D eigenvalue weighted by Gasteiger charge is 2.06. The van der Waals surface area contributed by atoms with E-state index in [-0.39, 0.29) is 16.3 Å². The van der Waals surface area contributed by atoms with Crippen LogP contribution in [0.15, 0.2) is 42.5 Å². The maximum absolute atomic E-state index is 11.8. The molecule has 2 amide bonds. The molecule has 21 heavy (non-hydrogen) atoms. The predicted octanol–water partition coefficient (Wildman–Crippen LogP) is 3.00. The molecular weight excluding hydrogens is 315 g/mol. The lowest BCUT2D eigenvalue weighted by Crippen LogP contribution is -2.23. The Morgan fingerprint density at radius 2 is 1.48 bits per heavy atom. The molecule has 108 valence electrons. The number of carboxylic acid groups (broad SMARTS) is 1.